The van der Waals surface area contributed by atoms with E-state index in [4.69, 9.17) is 11.6 Å². The van der Waals surface area contributed by atoms with Gasteiger partial charge in [-0.1, -0.05) is 63.3 Å². The number of hydrogen-bond donors (Lipinski definition) is 1. The van der Waals surface area contributed by atoms with Crippen molar-refractivity contribution in [2.24, 2.45) is 0 Å². The summed E-state index contributed by atoms with van der Waals surface area (Å²) < 4.78 is 13.4. The average Bonchev–Trinajstić information content (AvgIpc) is 2.40. The smallest absolute Gasteiger partial charge is 0.142 e. The normalized spacial score (nSPS) is 12.6. The molecule has 0 aliphatic heterocycles. The lowest BCUT2D eigenvalue weighted by molar-refractivity contribution is 0.462. The Bertz CT molecular complexity index is 368. The first-order valence-corrected chi connectivity index (χ1v) is 7.73. The van der Waals surface area contributed by atoms with E-state index in [0.29, 0.717) is 6.04 Å². The van der Waals surface area contributed by atoms with E-state index in [0.717, 1.165) is 24.9 Å². The highest BCUT2D eigenvalue weighted by atomic mass is 35.5. The zero-order valence-corrected chi connectivity index (χ0v) is 12.8. The fraction of sp³-hybridized carbons (Fsp3) is 0.625. The van der Waals surface area contributed by atoms with E-state index in [9.17, 15) is 4.39 Å². The van der Waals surface area contributed by atoms with Gasteiger partial charge >= 0.3 is 0 Å². The van der Waals surface area contributed by atoms with Crippen molar-refractivity contribution < 1.29 is 4.39 Å². The van der Waals surface area contributed by atoms with Gasteiger partial charge in [-0.05, 0) is 31.0 Å². The first-order chi connectivity index (χ1) is 9.19. The monoisotopic (exact) mass is 285 g/mol. The topological polar surface area (TPSA) is 12.0 Å². The molecule has 0 saturated heterocycles. The van der Waals surface area contributed by atoms with Crippen LogP contribution in [0, 0.1) is 5.82 Å². The molecule has 0 amide bonds. The lowest BCUT2D eigenvalue weighted by atomic mass is 10.00. The van der Waals surface area contributed by atoms with Crippen LogP contribution in [0.25, 0.3) is 0 Å². The molecule has 3 heteroatoms. The van der Waals surface area contributed by atoms with Crippen molar-refractivity contribution >= 4 is 11.6 Å². The highest BCUT2D eigenvalue weighted by Crippen LogP contribution is 2.22. The maximum Gasteiger partial charge on any atom is 0.142 e. The van der Waals surface area contributed by atoms with E-state index in [-0.39, 0.29) is 10.8 Å². The Kier molecular flexibility index (Phi) is 8.08. The molecule has 1 N–H and O–H groups in total. The summed E-state index contributed by atoms with van der Waals surface area (Å²) in [5.41, 5.74) is 0.906. The molecule has 1 aromatic rings. The molecule has 0 saturated carbocycles. The highest BCUT2D eigenvalue weighted by molar-refractivity contribution is 6.31. The van der Waals surface area contributed by atoms with Crippen LogP contribution in [0.1, 0.15) is 51.5 Å². The van der Waals surface area contributed by atoms with Crippen LogP contribution in [-0.4, -0.2) is 12.6 Å². The Hall–Kier alpha value is -0.600. The average molecular weight is 286 g/mol. The van der Waals surface area contributed by atoms with Crippen molar-refractivity contribution in [2.75, 3.05) is 6.54 Å². The van der Waals surface area contributed by atoms with Crippen LogP contribution in [0.3, 0.4) is 0 Å². The quantitative estimate of drug-likeness (QED) is 0.632. The van der Waals surface area contributed by atoms with E-state index in [1.165, 1.54) is 31.7 Å². The van der Waals surface area contributed by atoms with Crippen molar-refractivity contribution in [1.29, 1.82) is 0 Å². The molecular formula is C16H25ClFN. The largest absolute Gasteiger partial charge is 0.314 e. The maximum atomic E-state index is 13.4. The zero-order valence-electron chi connectivity index (χ0n) is 12.0. The van der Waals surface area contributed by atoms with Gasteiger partial charge in [0.25, 0.3) is 0 Å². The SMILES string of the molecule is CCCCCCC(Cc1cccc(F)c1Cl)NCC. The first kappa shape index (κ1) is 16.5. The fourth-order valence-electron chi connectivity index (χ4n) is 2.35. The second kappa shape index (κ2) is 9.33. The van der Waals surface area contributed by atoms with Crippen molar-refractivity contribution in [2.45, 2.75) is 58.4 Å². The molecule has 0 aromatic heterocycles. The molecule has 0 aliphatic rings. The van der Waals surface area contributed by atoms with E-state index in [2.05, 4.69) is 19.2 Å². The molecule has 0 radical (unpaired) electrons. The van der Waals surface area contributed by atoms with Gasteiger partial charge in [0.2, 0.25) is 0 Å². The van der Waals surface area contributed by atoms with Crippen LogP contribution >= 0.6 is 11.6 Å². The number of nitrogens with one attached hydrogen (secondary N) is 1. The molecule has 0 bridgehead atoms. The molecule has 108 valence electrons. The van der Waals surface area contributed by atoms with Crippen LogP contribution in [0.15, 0.2) is 18.2 Å². The molecule has 1 atom stereocenters. The molecular weight excluding hydrogens is 261 g/mol. The molecule has 0 fully saturated rings. The first-order valence-electron chi connectivity index (χ1n) is 7.35. The summed E-state index contributed by atoms with van der Waals surface area (Å²) in [6, 6.07) is 5.45. The summed E-state index contributed by atoms with van der Waals surface area (Å²) in [6.45, 7) is 5.26. The number of unbranched alkanes of at least 4 members (excludes halogenated alkanes) is 3. The van der Waals surface area contributed by atoms with E-state index < -0.39 is 0 Å². The molecule has 1 nitrogen and oxygen atoms in total. The lowest BCUT2D eigenvalue weighted by Crippen LogP contribution is -2.31. The third-order valence-electron chi connectivity index (χ3n) is 3.40. The molecule has 1 unspecified atom stereocenters. The van der Waals surface area contributed by atoms with Crippen molar-refractivity contribution in [3.8, 4) is 0 Å². The number of halogens is 2. The zero-order chi connectivity index (χ0) is 14.1. The molecule has 0 aliphatic carbocycles. The van der Waals surface area contributed by atoms with E-state index in [1.807, 2.05) is 6.07 Å². The predicted octanol–water partition coefficient (Wildman–Crippen LogP) is 4.97. The van der Waals surface area contributed by atoms with Crippen LogP contribution in [0.2, 0.25) is 5.02 Å². The molecule has 1 rings (SSSR count). The minimum absolute atomic E-state index is 0.277. The second-order valence-corrected chi connectivity index (χ2v) is 5.40. The summed E-state index contributed by atoms with van der Waals surface area (Å²) in [6.07, 6.45) is 6.96. The van der Waals surface area contributed by atoms with E-state index in [1.54, 1.807) is 6.07 Å². The van der Waals surface area contributed by atoms with E-state index >= 15 is 0 Å². The second-order valence-electron chi connectivity index (χ2n) is 5.02. The van der Waals surface area contributed by atoms with Crippen LogP contribution in [0.4, 0.5) is 4.39 Å². The summed E-state index contributed by atoms with van der Waals surface area (Å²) in [4.78, 5) is 0. The van der Waals surface area contributed by atoms with Crippen LogP contribution in [0.5, 0.6) is 0 Å². The molecule has 0 spiro atoms. The number of likely N-dealkylation sites (N-methyl/N-ethyl adjacent to an activating group) is 1. The summed E-state index contributed by atoms with van der Waals surface area (Å²) in [5.74, 6) is -0.319. The standard InChI is InChI=1S/C16H25ClFN/c1-3-5-6-7-10-14(19-4-2)12-13-9-8-11-15(18)16(13)17/h8-9,11,14,19H,3-7,10,12H2,1-2H3. The van der Waals surface area contributed by atoms with Crippen molar-refractivity contribution in [3.63, 3.8) is 0 Å². The minimum Gasteiger partial charge on any atom is -0.314 e. The van der Waals surface area contributed by atoms with Gasteiger partial charge in [0.05, 0.1) is 5.02 Å². The van der Waals surface area contributed by atoms with Gasteiger partial charge in [0, 0.05) is 6.04 Å². The Morgan fingerprint density at radius 2 is 2.00 bits per heavy atom. The van der Waals surface area contributed by atoms with Crippen LogP contribution in [-0.2, 0) is 6.42 Å². The number of rotatable bonds is 9. The molecule has 19 heavy (non-hydrogen) atoms. The maximum absolute atomic E-state index is 13.4. The molecule has 1 aromatic carbocycles. The van der Waals surface area contributed by atoms with Gasteiger partial charge in [-0.2, -0.15) is 0 Å². The third-order valence-corrected chi connectivity index (χ3v) is 3.82. The fourth-order valence-corrected chi connectivity index (χ4v) is 2.56. The number of benzene rings is 1. The third kappa shape index (κ3) is 5.92. The Balaban J connectivity index is 2.54. The predicted molar refractivity (Wildman–Crippen MR) is 81.3 cm³/mol. The van der Waals surface area contributed by atoms with Gasteiger partial charge in [0.15, 0.2) is 0 Å². The summed E-state index contributed by atoms with van der Waals surface area (Å²) in [7, 11) is 0. The van der Waals surface area contributed by atoms with Crippen LogP contribution < -0.4 is 5.32 Å². The van der Waals surface area contributed by atoms with Crippen molar-refractivity contribution in [1.82, 2.24) is 5.32 Å². The van der Waals surface area contributed by atoms with Gasteiger partial charge in [-0.15, -0.1) is 0 Å². The Labute approximate surface area is 121 Å². The molecule has 0 heterocycles. The van der Waals surface area contributed by atoms with Gasteiger partial charge in [-0.25, -0.2) is 4.39 Å². The van der Waals surface area contributed by atoms with Crippen molar-refractivity contribution in [3.05, 3.63) is 34.6 Å². The van der Waals surface area contributed by atoms with Gasteiger partial charge < -0.3 is 5.32 Å². The summed E-state index contributed by atoms with van der Waals surface area (Å²) >= 11 is 6.02. The summed E-state index contributed by atoms with van der Waals surface area (Å²) in [5, 5.41) is 3.75. The lowest BCUT2D eigenvalue weighted by Gasteiger charge is -2.18. The highest BCUT2D eigenvalue weighted by Gasteiger charge is 2.12. The van der Waals surface area contributed by atoms with Gasteiger partial charge in [-0.3, -0.25) is 0 Å². The minimum atomic E-state index is -0.319. The Morgan fingerprint density at radius 3 is 2.68 bits per heavy atom. The van der Waals surface area contributed by atoms with Gasteiger partial charge in [0.1, 0.15) is 5.82 Å². The number of hydrogen-bond acceptors (Lipinski definition) is 1. The Morgan fingerprint density at radius 1 is 1.21 bits per heavy atom.